The third-order valence-electron chi connectivity index (χ3n) is 21.6. The number of nitrogens with one attached hydrogen (secondary N) is 7. The smallest absolute Gasteiger partial charge is 0.221 e. The van der Waals surface area contributed by atoms with E-state index in [1.165, 1.54) is 62.5 Å². The highest BCUT2D eigenvalue weighted by atomic mass is 35.5. The molecule has 0 bridgehead atoms. The molecule has 0 aromatic heterocycles. The summed E-state index contributed by atoms with van der Waals surface area (Å²) >= 11 is 13.9. The van der Waals surface area contributed by atoms with Gasteiger partial charge in [0.25, 0.3) is 0 Å². The van der Waals surface area contributed by atoms with Crippen LogP contribution in [-0.2, 0) is 28.5 Å². The number of carbonyl (C=O) groups is 2. The number of fused-ring (bicyclic) bond motifs is 2. The number of nitrogens with zero attached hydrogens (tertiary/aromatic N) is 4. The maximum absolute atomic E-state index is 13.0. The topological polar surface area (TPSA) is 209 Å². The number of carbonyl (C=O) groups excluding carboxylic acids is 2. The van der Waals surface area contributed by atoms with Gasteiger partial charge in [-0.1, -0.05) is 50.0 Å². The summed E-state index contributed by atoms with van der Waals surface area (Å²) < 4.78 is 25.1. The number of halogens is 2. The van der Waals surface area contributed by atoms with Gasteiger partial charge in [-0.2, -0.15) is 10.5 Å². The van der Waals surface area contributed by atoms with Crippen molar-refractivity contribution in [3.05, 3.63) is 23.3 Å². The largest absolute Gasteiger partial charge is 0.376 e. The summed E-state index contributed by atoms with van der Waals surface area (Å²) in [5.74, 6) is 1.49. The number of rotatable bonds is 26. The maximum atomic E-state index is 13.0. The summed E-state index contributed by atoms with van der Waals surface area (Å²) in [7, 11) is 3.96. The predicted octanol–water partition coefficient (Wildman–Crippen LogP) is 8.49. The van der Waals surface area contributed by atoms with Gasteiger partial charge in [0.2, 0.25) is 11.8 Å². The minimum Gasteiger partial charge on any atom is -0.376 e. The number of alkyl halides is 2. The molecular formula is C69H117Cl2N11O6. The first-order valence-corrected chi connectivity index (χ1v) is 36.1. The maximum Gasteiger partial charge on any atom is 0.221 e. The minimum atomic E-state index is -0.138. The monoisotopic (exact) mass is 1270 g/mol. The molecule has 4 heterocycles. The molecule has 0 radical (unpaired) electrons. The van der Waals surface area contributed by atoms with E-state index in [1.807, 2.05) is 32.8 Å². The van der Waals surface area contributed by atoms with Crippen molar-refractivity contribution in [2.75, 3.05) is 86.3 Å². The number of likely N-dealkylation sites (tertiary alicyclic amines) is 1. The lowest BCUT2D eigenvalue weighted by Crippen LogP contribution is -2.66. The normalized spacial score (nSPS) is 37.5. The molecule has 21 unspecified atom stereocenters. The van der Waals surface area contributed by atoms with Crippen molar-refractivity contribution in [1.29, 1.82) is 10.5 Å². The summed E-state index contributed by atoms with van der Waals surface area (Å²) in [5, 5.41) is 45.6. The molecule has 498 valence electrons. The van der Waals surface area contributed by atoms with Crippen LogP contribution in [0.5, 0.6) is 0 Å². The van der Waals surface area contributed by atoms with E-state index in [-0.39, 0.29) is 119 Å². The predicted molar refractivity (Wildman–Crippen MR) is 352 cm³/mol. The van der Waals surface area contributed by atoms with Crippen LogP contribution in [-0.4, -0.2) is 197 Å². The molecule has 19 heteroatoms. The van der Waals surface area contributed by atoms with Crippen LogP contribution in [0.2, 0.25) is 0 Å². The van der Waals surface area contributed by atoms with Crippen LogP contribution in [0.4, 0.5) is 0 Å². The first-order valence-electron chi connectivity index (χ1n) is 35.3. The number of hydrogen-bond acceptors (Lipinski definition) is 15. The molecule has 8 fully saturated rings. The molecule has 4 saturated heterocycles. The van der Waals surface area contributed by atoms with Crippen LogP contribution in [0.15, 0.2) is 23.3 Å². The molecular weight excluding hydrogens is 1150 g/mol. The van der Waals surface area contributed by atoms with E-state index in [0.717, 1.165) is 110 Å². The second-order valence-corrected chi connectivity index (χ2v) is 29.3. The molecule has 17 nitrogen and oxygen atoms in total. The quantitative estimate of drug-likeness (QED) is 0.0405. The zero-order valence-electron chi connectivity index (χ0n) is 55.1. The molecule has 2 amide bonds. The van der Waals surface area contributed by atoms with Gasteiger partial charge in [-0.25, -0.2) is 0 Å². The molecule has 88 heavy (non-hydrogen) atoms. The fraction of sp³-hybridized carbons (Fsp3) is 0.884. The zero-order valence-corrected chi connectivity index (χ0v) is 56.6. The highest BCUT2D eigenvalue weighted by molar-refractivity contribution is 6.21. The molecule has 4 saturated carbocycles. The second-order valence-electron chi connectivity index (χ2n) is 28.2. The molecule has 0 aromatic rings. The Labute approximate surface area is 541 Å². The van der Waals surface area contributed by atoms with E-state index >= 15 is 0 Å². The average Bonchev–Trinajstić information content (AvgIpc) is 1.14. The van der Waals surface area contributed by atoms with Gasteiger partial charge in [-0.05, 0) is 194 Å². The number of allylic oxidation sites excluding steroid dienone is 3. The van der Waals surface area contributed by atoms with Gasteiger partial charge in [-0.3, -0.25) is 9.59 Å². The number of amides is 2. The Kier molecular flexibility index (Phi) is 29.9. The van der Waals surface area contributed by atoms with E-state index in [2.05, 4.69) is 87.2 Å². The van der Waals surface area contributed by atoms with Gasteiger partial charge in [0.1, 0.15) is 0 Å². The van der Waals surface area contributed by atoms with Crippen molar-refractivity contribution in [2.45, 2.75) is 265 Å². The lowest BCUT2D eigenvalue weighted by Gasteiger charge is -2.50. The summed E-state index contributed by atoms with van der Waals surface area (Å²) in [4.78, 5) is 30.4. The third-order valence-corrected chi connectivity index (χ3v) is 22.5. The SMILES string of the molecule is CCCC1CCC(C(C)COC2CCC(NC3C(C#N)CNC4CC(OCC)C(NC(=O)CCN(C)C)CC43)CC2Cl)=CC=C1C.CCOC1CC2NCC(C#N)C(NC3CCC(OCC4CCCCN4)C(Cl)C3)C2CC1NC(=O)CCCN1CCCC1. The Morgan fingerprint density at radius 1 is 0.705 bits per heavy atom. The number of piperidine rings is 3. The average molecular weight is 1270 g/mol. The molecule has 5 aliphatic carbocycles. The summed E-state index contributed by atoms with van der Waals surface area (Å²) in [6, 6.07) is 6.65. The summed E-state index contributed by atoms with van der Waals surface area (Å²) in [6.45, 7) is 20.1. The van der Waals surface area contributed by atoms with Crippen molar-refractivity contribution >= 4 is 35.0 Å². The van der Waals surface area contributed by atoms with E-state index in [4.69, 9.17) is 42.1 Å². The zero-order chi connectivity index (χ0) is 62.5. The van der Waals surface area contributed by atoms with Gasteiger partial charge < -0.3 is 66.0 Å². The van der Waals surface area contributed by atoms with E-state index in [1.54, 1.807) is 0 Å². The van der Waals surface area contributed by atoms with Crippen molar-refractivity contribution < 1.29 is 28.5 Å². The number of hydrogen-bond donors (Lipinski definition) is 7. The van der Waals surface area contributed by atoms with Crippen LogP contribution in [0.3, 0.4) is 0 Å². The van der Waals surface area contributed by atoms with Crippen molar-refractivity contribution in [1.82, 2.24) is 47.0 Å². The lowest BCUT2D eigenvalue weighted by atomic mass is 9.69. The van der Waals surface area contributed by atoms with Crippen LogP contribution in [0.1, 0.15) is 176 Å². The van der Waals surface area contributed by atoms with E-state index in [0.29, 0.717) is 70.2 Å². The van der Waals surface area contributed by atoms with Crippen LogP contribution >= 0.6 is 23.2 Å². The second kappa shape index (κ2) is 36.8. The van der Waals surface area contributed by atoms with Crippen LogP contribution < -0.4 is 37.2 Å². The van der Waals surface area contributed by atoms with Crippen molar-refractivity contribution in [2.24, 2.45) is 35.5 Å². The molecule has 9 aliphatic rings. The van der Waals surface area contributed by atoms with E-state index < -0.39 is 0 Å². The Hall–Kier alpha value is -2.46. The highest BCUT2D eigenvalue weighted by Gasteiger charge is 2.50. The first-order chi connectivity index (χ1) is 42.7. The number of nitriles is 2. The van der Waals surface area contributed by atoms with Gasteiger partial charge in [-0.15, -0.1) is 23.2 Å². The van der Waals surface area contributed by atoms with Gasteiger partial charge in [0, 0.05) is 93.9 Å². The van der Waals surface area contributed by atoms with E-state index in [9.17, 15) is 20.1 Å². The van der Waals surface area contributed by atoms with Crippen molar-refractivity contribution in [3.8, 4) is 12.1 Å². The van der Waals surface area contributed by atoms with Crippen molar-refractivity contribution in [3.63, 3.8) is 0 Å². The number of ether oxygens (including phenoxy) is 4. The van der Waals surface area contributed by atoms with Gasteiger partial charge in [0.05, 0.1) is 84.4 Å². The fourth-order valence-electron chi connectivity index (χ4n) is 16.5. The Morgan fingerprint density at radius 2 is 1.28 bits per heavy atom. The first kappa shape index (κ1) is 71.4. The Morgan fingerprint density at radius 3 is 1.81 bits per heavy atom. The molecule has 9 rings (SSSR count). The molecule has 4 aliphatic heterocycles. The molecule has 0 spiro atoms. The fourth-order valence-corrected chi connectivity index (χ4v) is 17.3. The van der Waals surface area contributed by atoms with Gasteiger partial charge in [0.15, 0.2) is 0 Å². The molecule has 0 aromatic carbocycles. The Balaban J connectivity index is 0.000000229. The Bertz CT molecular complexity index is 2260. The molecule has 21 atom stereocenters. The summed E-state index contributed by atoms with van der Waals surface area (Å²) in [5.41, 5.74) is 3.01. The minimum absolute atomic E-state index is 0.0102. The third kappa shape index (κ3) is 21.0. The standard InChI is InChI=1S/C37H62ClN5O3.C32H55ClN6O3/c1-7-9-26-12-13-27(11-10-24(26)3)25(4)23-46-34-15-14-29(18-31(34)38)41-37-28(21-39)22-40-32-20-35(45-8-2)33(19-30(32)37)42-36(44)16-17-43(5)6;1-2-41-30-18-27-25(17-28(30)38-31(40)9-7-15-39-13-5-6-14-39)32(22(19-34)20-36-27)37-23-10-11-29(26(33)16-23)42-21-24-8-3-4-12-35-24/h10-11,25-26,28-35,37,40-41H,7-9,12-20,22-23H2,1-6H3,(H,42,44);22-30,32,35-37H,2-18,20-21H2,1H3,(H,38,40). The summed E-state index contributed by atoms with van der Waals surface area (Å²) in [6.07, 6.45) is 26.7. The molecule has 7 N–H and O–H groups in total. The van der Waals surface area contributed by atoms with Crippen LogP contribution in [0, 0.1) is 58.2 Å². The van der Waals surface area contributed by atoms with Gasteiger partial charge >= 0.3 is 0 Å². The highest BCUT2D eigenvalue weighted by Crippen LogP contribution is 2.40. The van der Waals surface area contributed by atoms with Crippen LogP contribution in [0.25, 0.3) is 0 Å². The lowest BCUT2D eigenvalue weighted by molar-refractivity contribution is -0.125.